The van der Waals surface area contributed by atoms with Gasteiger partial charge in [-0.2, -0.15) is 0 Å². The molecule has 3 aliphatic heterocycles. The third-order valence-corrected chi connectivity index (χ3v) is 7.51. The minimum atomic E-state index is -0.383. The lowest BCUT2D eigenvalue weighted by atomic mass is 9.98. The fourth-order valence-electron chi connectivity index (χ4n) is 5.61. The van der Waals surface area contributed by atoms with E-state index in [0.29, 0.717) is 44.2 Å². The maximum absolute atomic E-state index is 15.5. The number of likely N-dealkylation sites (N-methyl/N-ethyl adjacent to an activating group) is 1. The molecule has 35 heavy (non-hydrogen) atoms. The van der Waals surface area contributed by atoms with Crippen LogP contribution in [0.4, 0.5) is 4.39 Å². The number of carbonyl (C=O) groups excluding carboxylic acids is 1. The van der Waals surface area contributed by atoms with Crippen LogP contribution in [0.1, 0.15) is 55.4 Å². The minimum absolute atomic E-state index is 0.0456. The summed E-state index contributed by atoms with van der Waals surface area (Å²) in [6.07, 6.45) is 6.32. The summed E-state index contributed by atoms with van der Waals surface area (Å²) >= 11 is 0. The van der Waals surface area contributed by atoms with Gasteiger partial charge in [-0.1, -0.05) is 12.1 Å². The number of carbonyl (C=O) groups is 1. The van der Waals surface area contributed by atoms with E-state index < -0.39 is 0 Å². The number of ether oxygens (including phenoxy) is 2. The van der Waals surface area contributed by atoms with Gasteiger partial charge in [-0.3, -0.25) is 9.78 Å². The van der Waals surface area contributed by atoms with E-state index >= 15 is 4.39 Å². The van der Waals surface area contributed by atoms with E-state index in [2.05, 4.69) is 10.6 Å². The first-order valence-corrected chi connectivity index (χ1v) is 12.3. The number of nitrogens with zero attached hydrogens (tertiary/aromatic N) is 4. The van der Waals surface area contributed by atoms with E-state index in [-0.39, 0.29) is 23.7 Å². The number of aromatic nitrogens is 3. The van der Waals surface area contributed by atoms with E-state index in [0.717, 1.165) is 52.8 Å². The van der Waals surface area contributed by atoms with Crippen molar-refractivity contribution in [2.45, 2.75) is 44.7 Å². The lowest BCUT2D eigenvalue weighted by Gasteiger charge is -2.32. The zero-order valence-electron chi connectivity index (χ0n) is 20.1. The van der Waals surface area contributed by atoms with Gasteiger partial charge in [-0.25, -0.2) is 9.37 Å². The molecule has 0 aliphatic carbocycles. The molecule has 1 unspecified atom stereocenters. The van der Waals surface area contributed by atoms with Crippen LogP contribution in [0.25, 0.3) is 27.6 Å². The number of amides is 1. The highest BCUT2D eigenvalue weighted by Crippen LogP contribution is 2.40. The second-order valence-electron chi connectivity index (χ2n) is 9.66. The highest BCUT2D eigenvalue weighted by atomic mass is 19.1. The van der Waals surface area contributed by atoms with Crippen molar-refractivity contribution in [2.24, 2.45) is 0 Å². The first kappa shape index (κ1) is 22.4. The Morgan fingerprint density at radius 1 is 1.14 bits per heavy atom. The molecule has 3 aromatic rings. The summed E-state index contributed by atoms with van der Waals surface area (Å²) in [6.45, 7) is 4.90. The van der Waals surface area contributed by atoms with Crippen LogP contribution in [-0.4, -0.2) is 58.8 Å². The highest BCUT2D eigenvalue weighted by Gasteiger charge is 2.36. The molecular weight excluding hydrogens is 447 g/mol. The van der Waals surface area contributed by atoms with Gasteiger partial charge >= 0.3 is 0 Å². The lowest BCUT2D eigenvalue weighted by Crippen LogP contribution is -2.40. The molecule has 0 radical (unpaired) electrons. The standard InChI is InChI=1S/C27H29FN4O3/c1-16-27(33)31(2)15-23-25(30-26(32(16)23)18-7-11-35-12-8-18)24-20-14-29-22(17-5-9-34-10-6-17)13-19(20)3-4-21(24)28/h3-5,13-14,16,18H,6-12,15H2,1-2H3. The monoisotopic (exact) mass is 476 g/mol. The first-order chi connectivity index (χ1) is 17.0. The van der Waals surface area contributed by atoms with Crippen molar-refractivity contribution >= 4 is 22.3 Å². The van der Waals surface area contributed by atoms with Crippen molar-refractivity contribution in [3.63, 3.8) is 0 Å². The maximum Gasteiger partial charge on any atom is 0.245 e. The molecule has 5 heterocycles. The van der Waals surface area contributed by atoms with Gasteiger partial charge in [0.15, 0.2) is 0 Å². The third kappa shape index (κ3) is 3.76. The second-order valence-corrected chi connectivity index (χ2v) is 9.66. The molecule has 3 aliphatic rings. The van der Waals surface area contributed by atoms with Crippen LogP contribution < -0.4 is 0 Å². The molecule has 182 valence electrons. The molecule has 0 bridgehead atoms. The van der Waals surface area contributed by atoms with Crippen molar-refractivity contribution in [1.29, 1.82) is 0 Å². The smallest absolute Gasteiger partial charge is 0.245 e. The summed E-state index contributed by atoms with van der Waals surface area (Å²) < 4.78 is 28.6. The normalized spacial score (nSPS) is 21.3. The van der Waals surface area contributed by atoms with Crippen molar-refractivity contribution in [3.8, 4) is 11.3 Å². The summed E-state index contributed by atoms with van der Waals surface area (Å²) in [5, 5.41) is 1.65. The lowest BCUT2D eigenvalue weighted by molar-refractivity contribution is -0.135. The molecule has 6 rings (SSSR count). The highest BCUT2D eigenvalue weighted by molar-refractivity contribution is 5.97. The molecule has 0 saturated carbocycles. The van der Waals surface area contributed by atoms with Crippen molar-refractivity contribution in [3.05, 3.63) is 53.5 Å². The number of hydrogen-bond donors (Lipinski definition) is 0. The third-order valence-electron chi connectivity index (χ3n) is 7.51. The van der Waals surface area contributed by atoms with E-state index in [4.69, 9.17) is 19.4 Å². The Morgan fingerprint density at radius 2 is 1.97 bits per heavy atom. The Hall–Kier alpha value is -3.10. The second kappa shape index (κ2) is 8.84. The zero-order chi connectivity index (χ0) is 24.1. The molecular formula is C27H29FN4O3. The Kier molecular flexibility index (Phi) is 5.65. The topological polar surface area (TPSA) is 69.5 Å². The van der Waals surface area contributed by atoms with Crippen LogP contribution in [-0.2, 0) is 20.8 Å². The molecule has 1 amide bonds. The van der Waals surface area contributed by atoms with Crippen LogP contribution in [0, 0.1) is 5.82 Å². The number of pyridine rings is 1. The van der Waals surface area contributed by atoms with Gasteiger partial charge in [0.05, 0.1) is 36.8 Å². The summed E-state index contributed by atoms with van der Waals surface area (Å²) in [5.74, 6) is 0.756. The van der Waals surface area contributed by atoms with Gasteiger partial charge in [0, 0.05) is 43.3 Å². The van der Waals surface area contributed by atoms with E-state index in [1.807, 2.05) is 13.0 Å². The quantitative estimate of drug-likeness (QED) is 0.558. The molecule has 0 spiro atoms. The fraction of sp³-hybridized carbons (Fsp3) is 0.444. The van der Waals surface area contributed by atoms with Gasteiger partial charge < -0.3 is 18.9 Å². The number of imidazole rings is 1. The fourth-order valence-corrected chi connectivity index (χ4v) is 5.61. The number of rotatable bonds is 3. The van der Waals surface area contributed by atoms with E-state index in [1.165, 1.54) is 6.07 Å². The average molecular weight is 477 g/mol. The van der Waals surface area contributed by atoms with Crippen LogP contribution in [0.15, 0.2) is 30.5 Å². The molecule has 1 saturated heterocycles. The molecule has 1 atom stereocenters. The predicted octanol–water partition coefficient (Wildman–Crippen LogP) is 4.47. The molecule has 7 nitrogen and oxygen atoms in total. The minimum Gasteiger partial charge on any atom is -0.381 e. The Morgan fingerprint density at radius 3 is 2.74 bits per heavy atom. The predicted molar refractivity (Wildman–Crippen MR) is 130 cm³/mol. The summed E-state index contributed by atoms with van der Waals surface area (Å²) in [6, 6.07) is 4.96. The SMILES string of the molecule is CC1C(=O)N(C)Cc2c(-c3c(F)ccc4cc(C5=CCOCC5)ncc34)nc(C3CCOCC3)n21. The number of benzene rings is 1. The molecule has 2 aromatic heterocycles. The van der Waals surface area contributed by atoms with Crippen LogP contribution in [0.3, 0.4) is 0 Å². The van der Waals surface area contributed by atoms with Gasteiger partial charge in [0.25, 0.3) is 0 Å². The first-order valence-electron chi connectivity index (χ1n) is 12.3. The van der Waals surface area contributed by atoms with Crippen LogP contribution >= 0.6 is 0 Å². The Labute approximate surface area is 203 Å². The number of hydrogen-bond acceptors (Lipinski definition) is 5. The van der Waals surface area contributed by atoms with Crippen LogP contribution in [0.2, 0.25) is 0 Å². The number of fused-ring (bicyclic) bond motifs is 2. The van der Waals surface area contributed by atoms with E-state index in [9.17, 15) is 4.79 Å². The maximum atomic E-state index is 15.5. The Bertz CT molecular complexity index is 1340. The van der Waals surface area contributed by atoms with Gasteiger partial charge in [-0.05, 0) is 49.3 Å². The van der Waals surface area contributed by atoms with Crippen molar-refractivity contribution in [1.82, 2.24) is 19.4 Å². The summed E-state index contributed by atoms with van der Waals surface area (Å²) in [4.78, 5) is 24.4. The van der Waals surface area contributed by atoms with Gasteiger partial charge in [0.2, 0.25) is 5.91 Å². The molecule has 8 heteroatoms. The van der Waals surface area contributed by atoms with Crippen molar-refractivity contribution in [2.75, 3.05) is 33.5 Å². The summed E-state index contributed by atoms with van der Waals surface area (Å²) in [7, 11) is 1.79. The van der Waals surface area contributed by atoms with Gasteiger partial charge in [0.1, 0.15) is 17.7 Å². The number of halogens is 1. The van der Waals surface area contributed by atoms with Crippen LogP contribution in [0.5, 0.6) is 0 Å². The molecule has 1 aromatic carbocycles. The molecule has 1 fully saturated rings. The largest absolute Gasteiger partial charge is 0.381 e. The van der Waals surface area contributed by atoms with Crippen molar-refractivity contribution < 1.29 is 18.7 Å². The van der Waals surface area contributed by atoms with Gasteiger partial charge in [-0.15, -0.1) is 0 Å². The summed E-state index contributed by atoms with van der Waals surface area (Å²) in [5.41, 5.74) is 4.00. The molecule has 0 N–H and O–H groups in total. The average Bonchev–Trinajstić information content (AvgIpc) is 3.27. The van der Waals surface area contributed by atoms with E-state index in [1.54, 1.807) is 24.2 Å². The zero-order valence-corrected chi connectivity index (χ0v) is 20.1. The Balaban J connectivity index is 1.54.